The fourth-order valence-electron chi connectivity index (χ4n) is 1.73. The quantitative estimate of drug-likeness (QED) is 0.865. The van der Waals surface area contributed by atoms with E-state index in [1.54, 1.807) is 11.3 Å². The van der Waals surface area contributed by atoms with E-state index in [4.69, 9.17) is 5.73 Å². The van der Waals surface area contributed by atoms with Crippen LogP contribution in [0.4, 0.5) is 0 Å². The molecule has 0 unspecified atom stereocenters. The maximum atomic E-state index is 6.24. The molecule has 2 rings (SSSR count). The van der Waals surface area contributed by atoms with Crippen LogP contribution in [-0.2, 0) is 0 Å². The summed E-state index contributed by atoms with van der Waals surface area (Å²) in [6.07, 6.45) is 0. The highest BCUT2D eigenvalue weighted by Crippen LogP contribution is 2.27. The Bertz CT molecular complexity index is 451. The fourth-order valence-corrected chi connectivity index (χ4v) is 2.48. The standard InChI is InChI=1S/C13H15NS.ClH/c1-9-5-3-6-11(10(9)2)13(14)12-7-4-8-15-12;/h3-8,13H,14H2,1-2H3;1H/t13-;/m1./s1. The van der Waals surface area contributed by atoms with Crippen LogP contribution in [0.15, 0.2) is 35.7 Å². The number of rotatable bonds is 2. The van der Waals surface area contributed by atoms with Gasteiger partial charge in [-0.05, 0) is 42.0 Å². The average molecular weight is 254 g/mol. The molecule has 1 aromatic heterocycles. The normalized spacial score (nSPS) is 11.9. The van der Waals surface area contributed by atoms with Gasteiger partial charge in [0.25, 0.3) is 0 Å². The molecule has 0 radical (unpaired) electrons. The molecule has 1 heterocycles. The highest BCUT2D eigenvalue weighted by atomic mass is 35.5. The van der Waals surface area contributed by atoms with E-state index in [1.165, 1.54) is 21.6 Å². The molecule has 16 heavy (non-hydrogen) atoms. The second kappa shape index (κ2) is 5.48. The van der Waals surface area contributed by atoms with E-state index < -0.39 is 0 Å². The Morgan fingerprint density at radius 2 is 1.88 bits per heavy atom. The lowest BCUT2D eigenvalue weighted by Crippen LogP contribution is -2.12. The predicted molar refractivity (Wildman–Crippen MR) is 73.5 cm³/mol. The van der Waals surface area contributed by atoms with Crippen LogP contribution in [0.25, 0.3) is 0 Å². The minimum Gasteiger partial charge on any atom is -0.320 e. The van der Waals surface area contributed by atoms with Crippen molar-refractivity contribution in [3.05, 3.63) is 57.3 Å². The van der Waals surface area contributed by atoms with Crippen molar-refractivity contribution >= 4 is 23.7 Å². The minimum atomic E-state index is 0. The van der Waals surface area contributed by atoms with Crippen LogP contribution < -0.4 is 5.73 Å². The topological polar surface area (TPSA) is 26.0 Å². The van der Waals surface area contributed by atoms with Crippen LogP contribution in [0.5, 0.6) is 0 Å². The largest absolute Gasteiger partial charge is 0.320 e. The molecule has 2 N–H and O–H groups in total. The van der Waals surface area contributed by atoms with Crippen molar-refractivity contribution in [2.45, 2.75) is 19.9 Å². The molecule has 0 saturated carbocycles. The van der Waals surface area contributed by atoms with Gasteiger partial charge in [-0.15, -0.1) is 23.7 Å². The van der Waals surface area contributed by atoms with Crippen molar-refractivity contribution in [2.75, 3.05) is 0 Å². The number of thiophene rings is 1. The summed E-state index contributed by atoms with van der Waals surface area (Å²) in [5, 5.41) is 2.07. The lowest BCUT2D eigenvalue weighted by molar-refractivity contribution is 0.879. The number of hydrogen-bond donors (Lipinski definition) is 1. The number of hydrogen-bond acceptors (Lipinski definition) is 2. The molecule has 0 aliphatic rings. The zero-order chi connectivity index (χ0) is 10.8. The smallest absolute Gasteiger partial charge is 0.0648 e. The number of aryl methyl sites for hydroxylation is 1. The Balaban J connectivity index is 0.00000128. The van der Waals surface area contributed by atoms with Gasteiger partial charge in [-0.25, -0.2) is 0 Å². The first kappa shape index (κ1) is 13.2. The van der Waals surface area contributed by atoms with E-state index >= 15 is 0 Å². The van der Waals surface area contributed by atoms with Crippen LogP contribution >= 0.6 is 23.7 Å². The second-order valence-corrected chi connectivity index (χ2v) is 4.76. The van der Waals surface area contributed by atoms with Gasteiger partial charge in [-0.2, -0.15) is 0 Å². The number of halogens is 1. The molecule has 1 atom stereocenters. The first-order valence-electron chi connectivity index (χ1n) is 5.05. The summed E-state index contributed by atoms with van der Waals surface area (Å²) in [5.41, 5.74) is 10.1. The van der Waals surface area contributed by atoms with Gasteiger partial charge in [0.05, 0.1) is 6.04 Å². The average Bonchev–Trinajstić information content (AvgIpc) is 2.74. The lowest BCUT2D eigenvalue weighted by Gasteiger charge is -2.14. The summed E-state index contributed by atoms with van der Waals surface area (Å²) in [5.74, 6) is 0. The maximum Gasteiger partial charge on any atom is 0.0648 e. The molecule has 3 heteroatoms. The Hall–Kier alpha value is -0.830. The Kier molecular flexibility index (Phi) is 4.54. The van der Waals surface area contributed by atoms with Crippen LogP contribution in [0.1, 0.15) is 27.6 Å². The first-order valence-corrected chi connectivity index (χ1v) is 5.93. The lowest BCUT2D eigenvalue weighted by atomic mass is 9.97. The molecular formula is C13H16ClNS. The minimum absolute atomic E-state index is 0. The molecule has 0 amide bonds. The Morgan fingerprint density at radius 1 is 1.12 bits per heavy atom. The summed E-state index contributed by atoms with van der Waals surface area (Å²) in [4.78, 5) is 1.23. The van der Waals surface area contributed by atoms with Crippen molar-refractivity contribution in [1.29, 1.82) is 0 Å². The molecule has 2 aromatic rings. The van der Waals surface area contributed by atoms with Gasteiger partial charge in [0.1, 0.15) is 0 Å². The van der Waals surface area contributed by atoms with E-state index in [1.807, 2.05) is 6.07 Å². The summed E-state index contributed by atoms with van der Waals surface area (Å²) < 4.78 is 0. The van der Waals surface area contributed by atoms with Crippen molar-refractivity contribution < 1.29 is 0 Å². The van der Waals surface area contributed by atoms with Crippen LogP contribution in [0.3, 0.4) is 0 Å². The summed E-state index contributed by atoms with van der Waals surface area (Å²) in [6, 6.07) is 10.5. The Labute approximate surface area is 107 Å². The third-order valence-electron chi connectivity index (χ3n) is 2.83. The van der Waals surface area contributed by atoms with E-state index in [0.717, 1.165) is 0 Å². The van der Waals surface area contributed by atoms with Gasteiger partial charge in [0.2, 0.25) is 0 Å². The van der Waals surface area contributed by atoms with Crippen LogP contribution in [-0.4, -0.2) is 0 Å². The van der Waals surface area contributed by atoms with Gasteiger partial charge in [-0.3, -0.25) is 0 Å². The van der Waals surface area contributed by atoms with Crippen molar-refractivity contribution in [3.63, 3.8) is 0 Å². The molecule has 0 fully saturated rings. The van der Waals surface area contributed by atoms with E-state index in [2.05, 4.69) is 43.5 Å². The molecule has 0 saturated heterocycles. The van der Waals surface area contributed by atoms with E-state index in [9.17, 15) is 0 Å². The maximum absolute atomic E-state index is 6.24. The number of nitrogens with two attached hydrogens (primary N) is 1. The van der Waals surface area contributed by atoms with Gasteiger partial charge in [0, 0.05) is 4.88 Å². The number of benzene rings is 1. The SMILES string of the molecule is Cc1cccc([C@@H](N)c2cccs2)c1C.Cl. The Morgan fingerprint density at radius 3 is 2.50 bits per heavy atom. The molecule has 1 nitrogen and oxygen atoms in total. The third kappa shape index (κ3) is 2.46. The second-order valence-electron chi connectivity index (χ2n) is 3.78. The molecule has 0 aliphatic heterocycles. The molecule has 86 valence electrons. The van der Waals surface area contributed by atoms with Crippen LogP contribution in [0, 0.1) is 13.8 Å². The fraction of sp³-hybridized carbons (Fsp3) is 0.231. The third-order valence-corrected chi connectivity index (χ3v) is 3.79. The monoisotopic (exact) mass is 253 g/mol. The van der Waals surface area contributed by atoms with E-state index in [0.29, 0.717) is 0 Å². The van der Waals surface area contributed by atoms with Crippen molar-refractivity contribution in [1.82, 2.24) is 0 Å². The zero-order valence-electron chi connectivity index (χ0n) is 9.44. The summed E-state index contributed by atoms with van der Waals surface area (Å²) in [6.45, 7) is 4.26. The van der Waals surface area contributed by atoms with Gasteiger partial charge < -0.3 is 5.73 Å². The van der Waals surface area contributed by atoms with E-state index in [-0.39, 0.29) is 18.4 Å². The molecular weight excluding hydrogens is 238 g/mol. The molecule has 0 bridgehead atoms. The van der Waals surface area contributed by atoms with Crippen molar-refractivity contribution in [2.24, 2.45) is 5.73 Å². The molecule has 1 aromatic carbocycles. The molecule has 0 aliphatic carbocycles. The van der Waals surface area contributed by atoms with Gasteiger partial charge in [-0.1, -0.05) is 24.3 Å². The van der Waals surface area contributed by atoms with Crippen LogP contribution in [0.2, 0.25) is 0 Å². The first-order chi connectivity index (χ1) is 7.20. The highest BCUT2D eigenvalue weighted by molar-refractivity contribution is 7.10. The predicted octanol–water partition coefficient (Wildman–Crippen LogP) is 3.83. The highest BCUT2D eigenvalue weighted by Gasteiger charge is 2.12. The van der Waals surface area contributed by atoms with Crippen molar-refractivity contribution in [3.8, 4) is 0 Å². The summed E-state index contributed by atoms with van der Waals surface area (Å²) in [7, 11) is 0. The van der Waals surface area contributed by atoms with Gasteiger partial charge in [0.15, 0.2) is 0 Å². The molecule has 0 spiro atoms. The van der Waals surface area contributed by atoms with Gasteiger partial charge >= 0.3 is 0 Å². The zero-order valence-corrected chi connectivity index (χ0v) is 11.1. The summed E-state index contributed by atoms with van der Waals surface area (Å²) >= 11 is 1.72.